The summed E-state index contributed by atoms with van der Waals surface area (Å²) in [6.45, 7) is 3.78. The van der Waals surface area contributed by atoms with E-state index in [1.165, 1.54) is 0 Å². The van der Waals surface area contributed by atoms with Crippen molar-refractivity contribution in [1.82, 2.24) is 10.2 Å². The molecule has 0 bridgehead atoms. The first-order valence-electron chi connectivity index (χ1n) is 9.29. The smallest absolute Gasteiger partial charge is 0.226 e. The Morgan fingerprint density at radius 2 is 1.81 bits per heavy atom. The van der Waals surface area contributed by atoms with Gasteiger partial charge in [0.25, 0.3) is 0 Å². The molecule has 2 unspecified atom stereocenters. The highest BCUT2D eigenvalue weighted by molar-refractivity contribution is 5.87. The van der Waals surface area contributed by atoms with E-state index < -0.39 is 0 Å². The summed E-state index contributed by atoms with van der Waals surface area (Å²) in [5, 5.41) is 2.92. The predicted molar refractivity (Wildman–Crippen MR) is 104 cm³/mol. The number of nitrogens with zero attached hydrogens (tertiary/aromatic N) is 1. The van der Waals surface area contributed by atoms with Crippen molar-refractivity contribution in [2.24, 2.45) is 11.8 Å². The number of rotatable bonds is 7. The van der Waals surface area contributed by atoms with Gasteiger partial charge in [0.2, 0.25) is 11.8 Å². The van der Waals surface area contributed by atoms with Crippen LogP contribution in [0.2, 0.25) is 0 Å². The highest BCUT2D eigenvalue weighted by Crippen LogP contribution is 2.29. The van der Waals surface area contributed by atoms with Crippen molar-refractivity contribution in [3.63, 3.8) is 0 Å². The molecular formula is C22H26N2O3. The minimum atomic E-state index is -0.251. The number of nitrogens with one attached hydrogen (secondary N) is 1. The lowest BCUT2D eigenvalue weighted by molar-refractivity contribution is -0.134. The molecule has 1 aliphatic rings. The van der Waals surface area contributed by atoms with Gasteiger partial charge in [-0.05, 0) is 29.2 Å². The second-order valence-corrected chi connectivity index (χ2v) is 7.12. The molecular weight excluding hydrogens is 340 g/mol. The molecule has 3 rings (SSSR count). The highest BCUT2D eigenvalue weighted by atomic mass is 16.5. The molecule has 2 amide bonds. The number of methoxy groups -OCH3 is 1. The van der Waals surface area contributed by atoms with Crippen molar-refractivity contribution < 1.29 is 14.3 Å². The Morgan fingerprint density at radius 1 is 1.11 bits per heavy atom. The van der Waals surface area contributed by atoms with Gasteiger partial charge in [-0.3, -0.25) is 9.59 Å². The summed E-state index contributed by atoms with van der Waals surface area (Å²) in [6, 6.07) is 17.5. The zero-order valence-electron chi connectivity index (χ0n) is 15.9. The van der Waals surface area contributed by atoms with E-state index in [-0.39, 0.29) is 30.1 Å². The van der Waals surface area contributed by atoms with Gasteiger partial charge >= 0.3 is 0 Å². The normalized spacial score (nSPS) is 19.2. The minimum Gasteiger partial charge on any atom is -0.497 e. The average Bonchev–Trinajstić information content (AvgIpc) is 2.95. The van der Waals surface area contributed by atoms with Gasteiger partial charge in [0.15, 0.2) is 0 Å². The lowest BCUT2D eigenvalue weighted by Gasteiger charge is -2.17. The van der Waals surface area contributed by atoms with E-state index in [1.54, 1.807) is 7.11 Å². The molecule has 2 atom stereocenters. The number of hydrogen-bond donors (Lipinski definition) is 1. The molecule has 0 saturated carbocycles. The number of carbonyl (C=O) groups is 2. The second-order valence-electron chi connectivity index (χ2n) is 7.12. The Morgan fingerprint density at radius 3 is 2.48 bits per heavy atom. The fourth-order valence-electron chi connectivity index (χ4n) is 3.49. The van der Waals surface area contributed by atoms with Crippen molar-refractivity contribution in [1.29, 1.82) is 0 Å². The minimum absolute atomic E-state index is 0.0631. The van der Waals surface area contributed by atoms with E-state index in [1.807, 2.05) is 66.4 Å². The third kappa shape index (κ3) is 4.88. The van der Waals surface area contributed by atoms with Crippen LogP contribution in [-0.4, -0.2) is 30.4 Å². The maximum atomic E-state index is 12.8. The fraction of sp³-hybridized carbons (Fsp3) is 0.364. The number of hydrogen-bond acceptors (Lipinski definition) is 3. The van der Waals surface area contributed by atoms with Crippen LogP contribution in [0, 0.1) is 11.8 Å². The first-order valence-corrected chi connectivity index (χ1v) is 9.29. The standard InChI is InChI=1S/C22H26N2O3/c1-16-14-24(15-18-8-10-19(27-2)11-9-18)22(26)20(16)12-21(25)23-13-17-6-4-3-5-7-17/h3-11,16,20H,12-15H2,1-2H3,(H,23,25). The first kappa shape index (κ1) is 19.0. The molecule has 2 aromatic rings. The Kier molecular flexibility index (Phi) is 6.12. The molecule has 5 heteroatoms. The van der Waals surface area contributed by atoms with E-state index in [9.17, 15) is 9.59 Å². The maximum Gasteiger partial charge on any atom is 0.226 e. The van der Waals surface area contributed by atoms with Crippen LogP contribution < -0.4 is 10.1 Å². The topological polar surface area (TPSA) is 58.6 Å². The van der Waals surface area contributed by atoms with E-state index >= 15 is 0 Å². The van der Waals surface area contributed by atoms with Gasteiger partial charge in [0, 0.05) is 26.1 Å². The van der Waals surface area contributed by atoms with Crippen molar-refractivity contribution in [2.45, 2.75) is 26.4 Å². The Labute approximate surface area is 160 Å². The summed E-state index contributed by atoms with van der Waals surface area (Å²) < 4.78 is 5.17. The first-order chi connectivity index (χ1) is 13.1. The molecule has 1 heterocycles. The molecule has 1 N–H and O–H groups in total. The molecule has 0 aromatic heterocycles. The molecule has 1 aliphatic heterocycles. The zero-order chi connectivity index (χ0) is 19.2. The molecule has 27 heavy (non-hydrogen) atoms. The Bertz CT molecular complexity index is 774. The SMILES string of the molecule is COc1ccc(CN2CC(C)C(CC(=O)NCc3ccccc3)C2=O)cc1. The molecule has 0 radical (unpaired) electrons. The van der Waals surface area contributed by atoms with Gasteiger partial charge in [-0.15, -0.1) is 0 Å². The summed E-state index contributed by atoms with van der Waals surface area (Å²) in [5.74, 6) is 0.702. The van der Waals surface area contributed by atoms with Crippen LogP contribution in [-0.2, 0) is 22.7 Å². The van der Waals surface area contributed by atoms with Gasteiger partial charge in [-0.1, -0.05) is 49.4 Å². The van der Waals surface area contributed by atoms with E-state index in [0.29, 0.717) is 19.6 Å². The molecule has 1 fully saturated rings. The van der Waals surface area contributed by atoms with Crippen LogP contribution in [0.3, 0.4) is 0 Å². The summed E-state index contributed by atoms with van der Waals surface area (Å²) in [5.41, 5.74) is 2.11. The summed E-state index contributed by atoms with van der Waals surface area (Å²) in [4.78, 5) is 26.9. The summed E-state index contributed by atoms with van der Waals surface area (Å²) >= 11 is 0. The van der Waals surface area contributed by atoms with Crippen LogP contribution in [0.15, 0.2) is 54.6 Å². The van der Waals surface area contributed by atoms with Crippen LogP contribution in [0.4, 0.5) is 0 Å². The van der Waals surface area contributed by atoms with Gasteiger partial charge < -0.3 is 15.0 Å². The monoisotopic (exact) mass is 366 g/mol. The third-order valence-electron chi connectivity index (χ3n) is 5.09. The average molecular weight is 366 g/mol. The van der Waals surface area contributed by atoms with Crippen LogP contribution in [0.25, 0.3) is 0 Å². The zero-order valence-corrected chi connectivity index (χ0v) is 15.9. The van der Waals surface area contributed by atoms with Gasteiger partial charge in [-0.2, -0.15) is 0 Å². The van der Waals surface area contributed by atoms with Gasteiger partial charge in [0.05, 0.1) is 13.0 Å². The quantitative estimate of drug-likeness (QED) is 0.820. The Hall–Kier alpha value is -2.82. The second kappa shape index (κ2) is 8.71. The molecule has 142 valence electrons. The van der Waals surface area contributed by atoms with Crippen molar-refractivity contribution in [3.05, 3.63) is 65.7 Å². The van der Waals surface area contributed by atoms with Gasteiger partial charge in [0.1, 0.15) is 5.75 Å². The summed E-state index contributed by atoms with van der Waals surface area (Å²) in [7, 11) is 1.63. The largest absolute Gasteiger partial charge is 0.497 e. The van der Waals surface area contributed by atoms with Gasteiger partial charge in [-0.25, -0.2) is 0 Å². The molecule has 5 nitrogen and oxygen atoms in total. The van der Waals surface area contributed by atoms with E-state index in [0.717, 1.165) is 16.9 Å². The predicted octanol–water partition coefficient (Wildman–Crippen LogP) is 3.00. The lowest BCUT2D eigenvalue weighted by atomic mass is 9.94. The number of amides is 2. The van der Waals surface area contributed by atoms with Crippen molar-refractivity contribution in [2.75, 3.05) is 13.7 Å². The molecule has 0 aliphatic carbocycles. The van der Waals surface area contributed by atoms with Crippen molar-refractivity contribution >= 4 is 11.8 Å². The highest BCUT2D eigenvalue weighted by Gasteiger charge is 2.38. The molecule has 2 aromatic carbocycles. The Balaban J connectivity index is 1.53. The number of benzene rings is 2. The third-order valence-corrected chi connectivity index (χ3v) is 5.09. The number of carbonyl (C=O) groups excluding carboxylic acids is 2. The van der Waals surface area contributed by atoms with Crippen LogP contribution in [0.1, 0.15) is 24.5 Å². The maximum absolute atomic E-state index is 12.8. The van der Waals surface area contributed by atoms with Crippen molar-refractivity contribution in [3.8, 4) is 5.75 Å². The summed E-state index contributed by atoms with van der Waals surface area (Å²) in [6.07, 6.45) is 0.242. The van der Waals surface area contributed by atoms with Crippen LogP contribution >= 0.6 is 0 Å². The number of likely N-dealkylation sites (tertiary alicyclic amines) is 1. The van der Waals surface area contributed by atoms with E-state index in [2.05, 4.69) is 5.32 Å². The molecule has 0 spiro atoms. The lowest BCUT2D eigenvalue weighted by Crippen LogP contribution is -2.31. The number of ether oxygens (including phenoxy) is 1. The van der Waals surface area contributed by atoms with E-state index in [4.69, 9.17) is 4.74 Å². The van der Waals surface area contributed by atoms with Crippen LogP contribution in [0.5, 0.6) is 5.75 Å². The fourth-order valence-corrected chi connectivity index (χ4v) is 3.49. The molecule has 1 saturated heterocycles.